The van der Waals surface area contributed by atoms with E-state index in [-0.39, 0.29) is 0 Å². The van der Waals surface area contributed by atoms with Crippen LogP contribution in [0.15, 0.2) is 48.8 Å². The molecule has 0 saturated heterocycles. The van der Waals surface area contributed by atoms with Crippen LogP contribution in [-0.4, -0.2) is 40.3 Å². The molecule has 0 aliphatic heterocycles. The molecule has 0 unspecified atom stereocenters. The zero-order valence-corrected chi connectivity index (χ0v) is 17.6. The molecule has 0 spiro atoms. The van der Waals surface area contributed by atoms with Gasteiger partial charge in [-0.1, -0.05) is 12.1 Å². The lowest BCUT2D eigenvalue weighted by Gasteiger charge is -2.32. The average Bonchev–Trinajstić information content (AvgIpc) is 2.55. The van der Waals surface area contributed by atoms with Gasteiger partial charge in [0.1, 0.15) is 0 Å². The van der Waals surface area contributed by atoms with Gasteiger partial charge in [-0.3, -0.25) is 9.97 Å². The highest BCUT2D eigenvalue weighted by Crippen LogP contribution is 2.17. The maximum atomic E-state index is 6.29. The van der Waals surface area contributed by atoms with Crippen molar-refractivity contribution in [3.05, 3.63) is 60.2 Å². The number of aromatic nitrogens is 2. The highest BCUT2D eigenvalue weighted by Gasteiger charge is 2.36. The number of nitrogens with zero attached hydrogens (tertiary/aromatic N) is 2. The van der Waals surface area contributed by atoms with Gasteiger partial charge in [0.15, 0.2) is 0 Å². The Kier molecular flexibility index (Phi) is 7.45. The van der Waals surface area contributed by atoms with Crippen LogP contribution in [0.1, 0.15) is 11.4 Å². The second kappa shape index (κ2) is 9.35. The second-order valence-electron chi connectivity index (χ2n) is 6.74. The standard InChI is InChI=1S/C18H28N2O3Si2/c1-24(2,21-15-11-17-9-5-7-13-19-17)23-25(3,4)22-16-12-18-10-6-8-14-20-18/h5-10,13-14H,11-12,15-16H2,1-4H3. The average molecular weight is 377 g/mol. The third-order valence-corrected chi connectivity index (χ3v) is 9.29. The minimum atomic E-state index is -2.23. The first kappa shape index (κ1) is 19.9. The number of pyridine rings is 2. The maximum Gasteiger partial charge on any atom is 0.322 e. The molecule has 25 heavy (non-hydrogen) atoms. The normalized spacial score (nSPS) is 12.3. The van der Waals surface area contributed by atoms with Crippen LogP contribution < -0.4 is 0 Å². The van der Waals surface area contributed by atoms with Gasteiger partial charge in [0.25, 0.3) is 0 Å². The van der Waals surface area contributed by atoms with Crippen LogP contribution in [0.5, 0.6) is 0 Å². The lowest BCUT2D eigenvalue weighted by Crippen LogP contribution is -2.49. The highest BCUT2D eigenvalue weighted by atomic mass is 28.5. The van der Waals surface area contributed by atoms with E-state index in [1.54, 1.807) is 12.4 Å². The predicted molar refractivity (Wildman–Crippen MR) is 104 cm³/mol. The van der Waals surface area contributed by atoms with E-state index in [1.807, 2.05) is 36.4 Å². The second-order valence-corrected chi connectivity index (χ2v) is 13.7. The van der Waals surface area contributed by atoms with Crippen molar-refractivity contribution in [1.29, 1.82) is 0 Å². The van der Waals surface area contributed by atoms with Crippen LogP contribution in [0.3, 0.4) is 0 Å². The van der Waals surface area contributed by atoms with Crippen LogP contribution in [0.2, 0.25) is 26.2 Å². The van der Waals surface area contributed by atoms with Gasteiger partial charge in [0.2, 0.25) is 0 Å². The molecule has 0 bridgehead atoms. The molecule has 2 heterocycles. The summed E-state index contributed by atoms with van der Waals surface area (Å²) in [6.07, 6.45) is 5.20. The third kappa shape index (κ3) is 8.02. The van der Waals surface area contributed by atoms with Gasteiger partial charge in [-0.25, -0.2) is 0 Å². The van der Waals surface area contributed by atoms with E-state index in [0.717, 1.165) is 24.2 Å². The molecule has 0 aromatic carbocycles. The van der Waals surface area contributed by atoms with Crippen LogP contribution in [0, 0.1) is 0 Å². The van der Waals surface area contributed by atoms with Gasteiger partial charge in [0, 0.05) is 49.8 Å². The SMILES string of the molecule is C[Si](C)(OCCc1ccccn1)O[Si](C)(C)OCCc1ccccn1. The molecule has 0 saturated carbocycles. The van der Waals surface area contributed by atoms with Crippen molar-refractivity contribution in [2.75, 3.05) is 13.2 Å². The smallest absolute Gasteiger partial charge is 0.322 e. The Hall–Kier alpha value is -1.39. The molecule has 0 N–H and O–H groups in total. The Morgan fingerprint density at radius 2 is 1.16 bits per heavy atom. The van der Waals surface area contributed by atoms with Crippen molar-refractivity contribution >= 4 is 17.1 Å². The van der Waals surface area contributed by atoms with E-state index in [0.29, 0.717) is 13.2 Å². The monoisotopic (exact) mass is 376 g/mol. The summed E-state index contributed by atoms with van der Waals surface area (Å²) in [5, 5.41) is 0. The molecule has 2 aromatic rings. The summed E-state index contributed by atoms with van der Waals surface area (Å²) in [4.78, 5) is 8.63. The van der Waals surface area contributed by atoms with Crippen LogP contribution in [-0.2, 0) is 25.8 Å². The molecule has 0 aliphatic carbocycles. The summed E-state index contributed by atoms with van der Waals surface area (Å²) < 4.78 is 18.4. The quantitative estimate of drug-likeness (QED) is 0.592. The minimum absolute atomic E-state index is 0.620. The van der Waals surface area contributed by atoms with E-state index >= 15 is 0 Å². The number of rotatable bonds is 10. The highest BCUT2D eigenvalue weighted by molar-refractivity contribution is 6.78. The van der Waals surface area contributed by atoms with Crippen molar-refractivity contribution < 1.29 is 13.0 Å². The molecule has 0 fully saturated rings. The Bertz CT molecular complexity index is 569. The molecule has 7 heteroatoms. The molecular weight excluding hydrogens is 348 g/mol. The van der Waals surface area contributed by atoms with Crippen LogP contribution in [0.25, 0.3) is 0 Å². The van der Waals surface area contributed by atoms with Gasteiger partial charge >= 0.3 is 17.1 Å². The van der Waals surface area contributed by atoms with Crippen LogP contribution in [0.4, 0.5) is 0 Å². The summed E-state index contributed by atoms with van der Waals surface area (Å²) in [7, 11) is -4.46. The Morgan fingerprint density at radius 1 is 0.720 bits per heavy atom. The van der Waals surface area contributed by atoms with Crippen molar-refractivity contribution in [2.45, 2.75) is 39.0 Å². The molecule has 0 atom stereocenters. The zero-order valence-electron chi connectivity index (χ0n) is 15.6. The van der Waals surface area contributed by atoms with Gasteiger partial charge < -0.3 is 13.0 Å². The number of hydrogen-bond acceptors (Lipinski definition) is 5. The third-order valence-electron chi connectivity index (χ3n) is 3.56. The van der Waals surface area contributed by atoms with Gasteiger partial charge in [-0.2, -0.15) is 0 Å². The van der Waals surface area contributed by atoms with E-state index in [4.69, 9.17) is 13.0 Å². The summed E-state index contributed by atoms with van der Waals surface area (Å²) in [6, 6.07) is 11.8. The van der Waals surface area contributed by atoms with Crippen molar-refractivity contribution in [3.8, 4) is 0 Å². The first-order valence-corrected chi connectivity index (χ1v) is 14.3. The van der Waals surface area contributed by atoms with Crippen molar-refractivity contribution in [1.82, 2.24) is 9.97 Å². The largest absolute Gasteiger partial charge is 0.415 e. The fraction of sp³-hybridized carbons (Fsp3) is 0.444. The molecular formula is C18H28N2O3Si2. The predicted octanol–water partition coefficient (Wildman–Crippen LogP) is 3.72. The van der Waals surface area contributed by atoms with E-state index in [9.17, 15) is 0 Å². The molecule has 5 nitrogen and oxygen atoms in total. The van der Waals surface area contributed by atoms with Crippen LogP contribution >= 0.6 is 0 Å². The molecule has 0 aliphatic rings. The van der Waals surface area contributed by atoms with E-state index < -0.39 is 17.1 Å². The summed E-state index contributed by atoms with van der Waals surface area (Å²) in [5.41, 5.74) is 2.07. The zero-order chi connectivity index (χ0) is 18.2. The van der Waals surface area contributed by atoms with Crippen molar-refractivity contribution in [2.24, 2.45) is 0 Å². The topological polar surface area (TPSA) is 53.5 Å². The first-order valence-electron chi connectivity index (χ1n) is 8.64. The fourth-order valence-electron chi connectivity index (χ4n) is 2.55. The van der Waals surface area contributed by atoms with Gasteiger partial charge in [-0.15, -0.1) is 0 Å². The molecule has 0 radical (unpaired) electrons. The number of hydrogen-bond donors (Lipinski definition) is 0. The lowest BCUT2D eigenvalue weighted by atomic mass is 10.3. The van der Waals surface area contributed by atoms with E-state index in [1.165, 1.54) is 0 Å². The Labute approximate surface area is 152 Å². The molecule has 2 aromatic heterocycles. The Balaban J connectivity index is 1.73. The fourth-order valence-corrected chi connectivity index (χ4v) is 8.94. The maximum absolute atomic E-state index is 6.29. The summed E-state index contributed by atoms with van der Waals surface area (Å²) in [6.45, 7) is 9.53. The summed E-state index contributed by atoms with van der Waals surface area (Å²) >= 11 is 0. The van der Waals surface area contributed by atoms with Gasteiger partial charge in [0.05, 0.1) is 0 Å². The minimum Gasteiger partial charge on any atom is -0.415 e. The lowest BCUT2D eigenvalue weighted by molar-refractivity contribution is 0.197. The molecule has 2 rings (SSSR count). The summed E-state index contributed by atoms with van der Waals surface area (Å²) in [5.74, 6) is 0. The first-order chi connectivity index (χ1) is 11.9. The molecule has 136 valence electrons. The van der Waals surface area contributed by atoms with Crippen molar-refractivity contribution in [3.63, 3.8) is 0 Å². The Morgan fingerprint density at radius 3 is 1.52 bits per heavy atom. The molecule has 0 amide bonds. The van der Waals surface area contributed by atoms with E-state index in [2.05, 4.69) is 36.2 Å². The van der Waals surface area contributed by atoms with Gasteiger partial charge in [-0.05, 0) is 50.5 Å².